The Labute approximate surface area is 112 Å². The molecule has 0 atom stereocenters. The van der Waals surface area contributed by atoms with Crippen molar-refractivity contribution in [1.82, 2.24) is 15.2 Å². The van der Waals surface area contributed by atoms with Crippen LogP contribution < -0.4 is 4.72 Å². The molecule has 2 aromatic rings. The lowest BCUT2D eigenvalue weighted by Gasteiger charge is -2.18. The maximum atomic E-state index is 4.18. The van der Waals surface area contributed by atoms with E-state index in [-0.39, 0.29) is 5.41 Å². The lowest BCUT2D eigenvalue weighted by molar-refractivity contribution is 0.590. The van der Waals surface area contributed by atoms with E-state index in [0.717, 1.165) is 10.7 Å². The van der Waals surface area contributed by atoms with Crippen LogP contribution in [0.4, 0.5) is 5.95 Å². The fourth-order valence-corrected chi connectivity index (χ4v) is 2.09. The molecule has 0 spiro atoms. The molecule has 0 aliphatic carbocycles. The van der Waals surface area contributed by atoms with Gasteiger partial charge in [-0.3, -0.25) is 9.82 Å². The topological polar surface area (TPSA) is 53.6 Å². The Hall–Kier alpha value is -1.49. The molecule has 0 amide bonds. The number of hydrogen-bond acceptors (Lipinski definition) is 4. The summed E-state index contributed by atoms with van der Waals surface area (Å²) in [6.45, 7) is 8.51. The van der Waals surface area contributed by atoms with E-state index in [4.69, 9.17) is 0 Å². The van der Waals surface area contributed by atoms with Crippen molar-refractivity contribution in [2.45, 2.75) is 38.0 Å². The lowest BCUT2D eigenvalue weighted by atomic mass is 9.87. The summed E-state index contributed by atoms with van der Waals surface area (Å²) in [4.78, 5) is 5.33. The predicted octanol–water partition coefficient (Wildman–Crippen LogP) is 3.53. The Morgan fingerprint density at radius 1 is 1.17 bits per heavy atom. The molecular weight excluding hydrogens is 244 g/mol. The monoisotopic (exact) mass is 262 g/mol. The zero-order chi connectivity index (χ0) is 13.2. The highest BCUT2D eigenvalue weighted by molar-refractivity contribution is 8.00. The molecule has 0 aliphatic heterocycles. The Morgan fingerprint density at radius 2 is 1.83 bits per heavy atom. The molecule has 96 valence electrons. The summed E-state index contributed by atoms with van der Waals surface area (Å²) in [5.74, 6) is 1.42. The largest absolute Gasteiger partial charge is 0.293 e. The van der Waals surface area contributed by atoms with E-state index >= 15 is 0 Å². The van der Waals surface area contributed by atoms with Crippen molar-refractivity contribution in [2.75, 3.05) is 4.72 Å². The Morgan fingerprint density at radius 3 is 2.33 bits per heavy atom. The Kier molecular flexibility index (Phi) is 3.61. The van der Waals surface area contributed by atoms with Crippen LogP contribution in [0.1, 0.15) is 32.2 Å². The van der Waals surface area contributed by atoms with E-state index in [1.165, 1.54) is 17.5 Å². The van der Waals surface area contributed by atoms with Gasteiger partial charge in [-0.15, -0.1) is 5.10 Å². The molecule has 0 saturated carbocycles. The number of aromatic amines is 1. The van der Waals surface area contributed by atoms with Gasteiger partial charge >= 0.3 is 0 Å². The number of aromatic nitrogens is 3. The second-order valence-electron chi connectivity index (χ2n) is 5.22. The van der Waals surface area contributed by atoms with Crippen LogP contribution in [0.25, 0.3) is 0 Å². The van der Waals surface area contributed by atoms with Crippen molar-refractivity contribution in [1.29, 1.82) is 0 Å². The third kappa shape index (κ3) is 3.26. The molecule has 2 rings (SSSR count). The van der Waals surface area contributed by atoms with E-state index in [1.807, 2.05) is 6.92 Å². The summed E-state index contributed by atoms with van der Waals surface area (Å²) in [5, 5.41) is 6.82. The minimum Gasteiger partial charge on any atom is -0.293 e. The molecule has 0 radical (unpaired) electrons. The van der Waals surface area contributed by atoms with Crippen LogP contribution in [0.15, 0.2) is 29.2 Å². The lowest BCUT2D eigenvalue weighted by Crippen LogP contribution is -2.10. The highest BCUT2D eigenvalue weighted by Gasteiger charge is 2.12. The molecule has 0 fully saturated rings. The molecular formula is C13H18N4S. The fraction of sp³-hybridized carbons (Fsp3) is 0.385. The molecule has 0 aliphatic rings. The average Bonchev–Trinajstić information content (AvgIpc) is 2.72. The standard InChI is InChI=1S/C13H18N4S/c1-9-14-12(16-15-9)17-18-11-7-5-10(6-8-11)13(2,3)4/h5-8H,1-4H3,(H2,14,15,16,17). The van der Waals surface area contributed by atoms with Crippen LogP contribution in [-0.4, -0.2) is 15.2 Å². The SMILES string of the molecule is Cc1nc(NSc2ccc(C(C)(C)C)cc2)n[nH]1. The molecule has 18 heavy (non-hydrogen) atoms. The quantitative estimate of drug-likeness (QED) is 0.831. The average molecular weight is 262 g/mol. The maximum Gasteiger partial charge on any atom is 0.252 e. The number of nitrogens with one attached hydrogen (secondary N) is 2. The van der Waals surface area contributed by atoms with E-state index < -0.39 is 0 Å². The first-order valence-electron chi connectivity index (χ1n) is 5.87. The van der Waals surface area contributed by atoms with Gasteiger partial charge in [0.1, 0.15) is 5.82 Å². The van der Waals surface area contributed by atoms with Crippen molar-refractivity contribution >= 4 is 17.9 Å². The maximum absolute atomic E-state index is 4.18. The first kappa shape index (κ1) is 13.0. The van der Waals surface area contributed by atoms with E-state index in [2.05, 4.69) is 64.9 Å². The molecule has 0 saturated heterocycles. The van der Waals surface area contributed by atoms with Gasteiger partial charge in [-0.05, 0) is 42.0 Å². The first-order chi connectivity index (χ1) is 8.45. The van der Waals surface area contributed by atoms with Crippen molar-refractivity contribution in [2.24, 2.45) is 0 Å². The summed E-state index contributed by atoms with van der Waals surface area (Å²) < 4.78 is 3.10. The van der Waals surface area contributed by atoms with Crippen LogP contribution in [0.3, 0.4) is 0 Å². The van der Waals surface area contributed by atoms with Gasteiger partial charge in [0.15, 0.2) is 0 Å². The summed E-state index contributed by atoms with van der Waals surface area (Å²) in [5.41, 5.74) is 1.53. The van der Waals surface area contributed by atoms with Gasteiger partial charge < -0.3 is 0 Å². The number of rotatable bonds is 3. The zero-order valence-electron chi connectivity index (χ0n) is 11.1. The summed E-state index contributed by atoms with van der Waals surface area (Å²) in [7, 11) is 0. The predicted molar refractivity (Wildman–Crippen MR) is 75.7 cm³/mol. The number of anilines is 1. The van der Waals surface area contributed by atoms with E-state index in [0.29, 0.717) is 5.95 Å². The van der Waals surface area contributed by atoms with E-state index in [1.54, 1.807) is 0 Å². The van der Waals surface area contributed by atoms with E-state index in [9.17, 15) is 0 Å². The molecule has 2 N–H and O–H groups in total. The van der Waals surface area contributed by atoms with Crippen LogP contribution in [0.2, 0.25) is 0 Å². The fourth-order valence-electron chi connectivity index (χ4n) is 1.52. The molecule has 1 aromatic carbocycles. The third-order valence-electron chi connectivity index (χ3n) is 2.58. The van der Waals surface area contributed by atoms with Crippen LogP contribution >= 0.6 is 11.9 Å². The van der Waals surface area contributed by atoms with Gasteiger partial charge in [-0.2, -0.15) is 4.98 Å². The number of benzene rings is 1. The van der Waals surface area contributed by atoms with Crippen LogP contribution in [-0.2, 0) is 5.41 Å². The van der Waals surface area contributed by atoms with Gasteiger partial charge in [-0.1, -0.05) is 32.9 Å². The highest BCUT2D eigenvalue weighted by atomic mass is 32.2. The van der Waals surface area contributed by atoms with Gasteiger partial charge in [-0.25, -0.2) is 0 Å². The second kappa shape index (κ2) is 5.02. The van der Waals surface area contributed by atoms with Gasteiger partial charge in [0.25, 0.3) is 5.95 Å². The normalized spacial score (nSPS) is 11.6. The van der Waals surface area contributed by atoms with Gasteiger partial charge in [0.05, 0.1) is 0 Å². The molecule has 0 bridgehead atoms. The number of hydrogen-bond donors (Lipinski definition) is 2. The number of aryl methyl sites for hydroxylation is 1. The molecule has 1 aromatic heterocycles. The second-order valence-corrected chi connectivity index (χ2v) is 6.10. The molecule has 4 nitrogen and oxygen atoms in total. The minimum atomic E-state index is 0.192. The van der Waals surface area contributed by atoms with Gasteiger partial charge in [0.2, 0.25) is 0 Å². The highest BCUT2D eigenvalue weighted by Crippen LogP contribution is 2.25. The van der Waals surface area contributed by atoms with Crippen LogP contribution in [0.5, 0.6) is 0 Å². The van der Waals surface area contributed by atoms with Crippen LogP contribution in [0, 0.1) is 6.92 Å². The van der Waals surface area contributed by atoms with Gasteiger partial charge in [0, 0.05) is 4.90 Å². The third-order valence-corrected chi connectivity index (χ3v) is 3.37. The van der Waals surface area contributed by atoms with Crippen molar-refractivity contribution in [3.63, 3.8) is 0 Å². The molecule has 1 heterocycles. The Bertz CT molecular complexity index is 511. The zero-order valence-corrected chi connectivity index (χ0v) is 11.9. The summed E-state index contributed by atoms with van der Waals surface area (Å²) >= 11 is 1.51. The van der Waals surface area contributed by atoms with Crippen molar-refractivity contribution in [3.8, 4) is 0 Å². The summed E-state index contributed by atoms with van der Waals surface area (Å²) in [6.07, 6.45) is 0. The van der Waals surface area contributed by atoms with Crippen molar-refractivity contribution in [3.05, 3.63) is 35.7 Å². The number of H-pyrrole nitrogens is 1. The molecule has 5 heteroatoms. The summed E-state index contributed by atoms with van der Waals surface area (Å²) in [6, 6.07) is 8.54. The number of nitrogens with zero attached hydrogens (tertiary/aromatic N) is 2. The van der Waals surface area contributed by atoms with Crippen molar-refractivity contribution < 1.29 is 0 Å². The Balaban J connectivity index is 1.98. The molecule has 0 unspecified atom stereocenters. The first-order valence-corrected chi connectivity index (χ1v) is 6.69. The minimum absolute atomic E-state index is 0.192. The smallest absolute Gasteiger partial charge is 0.252 e.